The Labute approximate surface area is 191 Å². The van der Waals surface area contributed by atoms with Gasteiger partial charge in [0.2, 0.25) is 11.8 Å². The number of nitrogens with one attached hydrogen (secondary N) is 1. The van der Waals surface area contributed by atoms with Crippen molar-refractivity contribution < 1.29 is 14.3 Å². The molecule has 2 aromatic rings. The van der Waals surface area contributed by atoms with E-state index in [-0.39, 0.29) is 11.8 Å². The summed E-state index contributed by atoms with van der Waals surface area (Å²) in [6.07, 6.45) is 13.0. The van der Waals surface area contributed by atoms with Crippen LogP contribution in [-0.4, -0.2) is 53.0 Å². The maximum absolute atomic E-state index is 12.7. The van der Waals surface area contributed by atoms with Crippen molar-refractivity contribution in [2.24, 2.45) is 5.41 Å². The number of pyridine rings is 1. The van der Waals surface area contributed by atoms with Crippen LogP contribution in [-0.2, 0) is 27.2 Å². The van der Waals surface area contributed by atoms with Crippen LogP contribution in [0.2, 0.25) is 0 Å². The van der Waals surface area contributed by atoms with Crippen molar-refractivity contribution in [3.8, 4) is 0 Å². The Morgan fingerprint density at radius 2 is 2.19 bits per heavy atom. The normalized spacial score (nSPS) is 20.2. The lowest BCUT2D eigenvalue weighted by Gasteiger charge is -2.39. The summed E-state index contributed by atoms with van der Waals surface area (Å²) in [5.74, 6) is 0.678. The molecule has 0 radical (unpaired) electrons. The van der Waals surface area contributed by atoms with Crippen molar-refractivity contribution in [1.82, 2.24) is 14.9 Å². The predicted molar refractivity (Wildman–Crippen MR) is 123 cm³/mol. The van der Waals surface area contributed by atoms with Crippen molar-refractivity contribution >= 4 is 35.0 Å². The third-order valence-electron chi connectivity index (χ3n) is 6.58. The number of aromatic nitrogens is 2. The molecule has 0 saturated carbocycles. The third-order valence-corrected chi connectivity index (χ3v) is 7.35. The summed E-state index contributed by atoms with van der Waals surface area (Å²) >= 11 is 1.67. The van der Waals surface area contributed by atoms with E-state index >= 15 is 0 Å². The third kappa shape index (κ3) is 4.38. The molecule has 1 N–H and O–H groups in total. The number of carbonyl (C=O) groups excluding carboxylic acids is 2. The summed E-state index contributed by atoms with van der Waals surface area (Å²) in [4.78, 5) is 35.9. The molecule has 8 heteroatoms. The first kappa shape index (κ1) is 21.0. The molecule has 1 saturated heterocycles. The topological polar surface area (TPSA) is 84.4 Å². The number of ether oxygens (including phenoxy) is 1. The Hall–Kier alpha value is -2.84. The molecular formula is C24H26N4O3S. The van der Waals surface area contributed by atoms with Crippen molar-refractivity contribution in [1.29, 1.82) is 0 Å². The summed E-state index contributed by atoms with van der Waals surface area (Å²) in [5.41, 5.74) is 2.83. The summed E-state index contributed by atoms with van der Waals surface area (Å²) in [7, 11) is 0. The van der Waals surface area contributed by atoms with E-state index in [0.717, 1.165) is 48.4 Å². The van der Waals surface area contributed by atoms with E-state index in [1.54, 1.807) is 23.6 Å². The van der Waals surface area contributed by atoms with Crippen LogP contribution < -0.4 is 5.32 Å². The zero-order valence-corrected chi connectivity index (χ0v) is 18.7. The number of thiazole rings is 1. The SMILES string of the molecule is O=C(/C=C/c1cnc2c(c1)CC1(CCOCC1)C(=O)N2)N1CC=C(Cc2nccs2)CC1. The maximum Gasteiger partial charge on any atom is 0.246 e. The number of nitrogens with zero attached hydrogens (tertiary/aromatic N) is 3. The molecule has 5 heterocycles. The lowest BCUT2D eigenvalue weighted by atomic mass is 9.72. The molecule has 0 unspecified atom stereocenters. The van der Waals surface area contributed by atoms with Gasteiger partial charge in [0.1, 0.15) is 5.82 Å². The molecule has 166 valence electrons. The van der Waals surface area contributed by atoms with Crippen LogP contribution in [0, 0.1) is 5.41 Å². The number of rotatable bonds is 4. The number of anilines is 1. The molecule has 0 atom stereocenters. The lowest BCUT2D eigenvalue weighted by Crippen LogP contribution is -2.45. The van der Waals surface area contributed by atoms with Crippen molar-refractivity contribution in [3.63, 3.8) is 0 Å². The highest BCUT2D eigenvalue weighted by Gasteiger charge is 2.43. The molecule has 0 aliphatic carbocycles. The number of hydrogen-bond acceptors (Lipinski definition) is 6. The van der Waals surface area contributed by atoms with E-state index in [2.05, 4.69) is 21.4 Å². The van der Waals surface area contributed by atoms with Crippen LogP contribution >= 0.6 is 11.3 Å². The predicted octanol–water partition coefficient (Wildman–Crippen LogP) is 3.24. The second kappa shape index (κ2) is 8.96. The molecule has 32 heavy (non-hydrogen) atoms. The molecule has 3 aliphatic heterocycles. The fraction of sp³-hybridized carbons (Fsp3) is 0.417. The van der Waals surface area contributed by atoms with E-state index in [1.807, 2.05) is 28.6 Å². The van der Waals surface area contributed by atoms with Gasteiger partial charge in [-0.25, -0.2) is 9.97 Å². The Morgan fingerprint density at radius 3 is 2.94 bits per heavy atom. The molecule has 0 aromatic carbocycles. The molecular weight excluding hydrogens is 424 g/mol. The minimum Gasteiger partial charge on any atom is -0.381 e. The van der Waals surface area contributed by atoms with Crippen molar-refractivity contribution in [2.45, 2.75) is 32.1 Å². The van der Waals surface area contributed by atoms with E-state index in [1.165, 1.54) is 5.57 Å². The Bertz CT molecular complexity index is 1070. The van der Waals surface area contributed by atoms with E-state index in [9.17, 15) is 9.59 Å². The van der Waals surface area contributed by atoms with Crippen molar-refractivity contribution in [3.05, 3.63) is 57.7 Å². The second-order valence-electron chi connectivity index (χ2n) is 8.63. The van der Waals surface area contributed by atoms with Crippen LogP contribution in [0.3, 0.4) is 0 Å². The summed E-state index contributed by atoms with van der Waals surface area (Å²) < 4.78 is 5.46. The summed E-state index contributed by atoms with van der Waals surface area (Å²) in [6, 6.07) is 2.03. The van der Waals surface area contributed by atoms with E-state index < -0.39 is 5.41 Å². The zero-order valence-electron chi connectivity index (χ0n) is 17.9. The van der Waals surface area contributed by atoms with Gasteiger partial charge in [-0.15, -0.1) is 11.3 Å². The average molecular weight is 451 g/mol. The van der Waals surface area contributed by atoms with Gasteiger partial charge in [-0.2, -0.15) is 0 Å². The van der Waals surface area contributed by atoms with Gasteiger partial charge in [0.05, 0.1) is 10.4 Å². The minimum atomic E-state index is -0.401. The quantitative estimate of drug-likeness (QED) is 0.571. The fourth-order valence-corrected chi connectivity index (χ4v) is 5.27. The number of fused-ring (bicyclic) bond motifs is 1. The van der Waals surface area contributed by atoms with Gasteiger partial charge in [-0.3, -0.25) is 9.59 Å². The van der Waals surface area contributed by atoms with Crippen LogP contribution in [0.15, 0.2) is 41.6 Å². The molecule has 7 nitrogen and oxygen atoms in total. The molecule has 5 rings (SSSR count). The van der Waals surface area contributed by atoms with Crippen LogP contribution in [0.4, 0.5) is 5.82 Å². The molecule has 1 fully saturated rings. The fourth-order valence-electron chi connectivity index (χ4n) is 4.60. The standard InChI is InChI=1S/C24H26N4O3S/c29-21(28-8-3-17(4-9-28)14-20-25-7-12-32-20)2-1-18-13-19-15-24(5-10-31-11-6-24)23(30)27-22(19)26-16-18/h1-3,7,12-13,16H,4-6,8-11,14-15H2,(H,26,27,30)/b2-1+. The van der Waals surface area contributed by atoms with Crippen LogP contribution in [0.1, 0.15) is 35.4 Å². The number of amides is 2. The van der Waals surface area contributed by atoms with Crippen molar-refractivity contribution in [2.75, 3.05) is 31.6 Å². The van der Waals surface area contributed by atoms with Gasteiger partial charge >= 0.3 is 0 Å². The molecule has 2 amide bonds. The molecule has 1 spiro atoms. The highest BCUT2D eigenvalue weighted by Crippen LogP contribution is 2.40. The number of carbonyl (C=O) groups is 2. The largest absolute Gasteiger partial charge is 0.381 e. The Morgan fingerprint density at radius 1 is 1.31 bits per heavy atom. The second-order valence-corrected chi connectivity index (χ2v) is 9.61. The Kier molecular flexibility index (Phi) is 5.89. The first-order valence-corrected chi connectivity index (χ1v) is 11.9. The van der Waals surface area contributed by atoms with Gasteiger partial charge in [-0.05, 0) is 49.0 Å². The maximum atomic E-state index is 12.7. The first-order valence-electron chi connectivity index (χ1n) is 11.0. The molecule has 2 aromatic heterocycles. The van der Waals surface area contributed by atoms with Gasteiger partial charge in [0.25, 0.3) is 0 Å². The monoisotopic (exact) mass is 450 g/mol. The van der Waals surface area contributed by atoms with Gasteiger partial charge in [0.15, 0.2) is 0 Å². The van der Waals surface area contributed by atoms with E-state index in [4.69, 9.17) is 4.74 Å². The van der Waals surface area contributed by atoms with Gasteiger partial charge in [0, 0.05) is 56.6 Å². The lowest BCUT2D eigenvalue weighted by molar-refractivity contribution is -0.131. The van der Waals surface area contributed by atoms with Crippen LogP contribution in [0.5, 0.6) is 0 Å². The van der Waals surface area contributed by atoms with Gasteiger partial charge in [-0.1, -0.05) is 11.6 Å². The highest BCUT2D eigenvalue weighted by atomic mass is 32.1. The highest BCUT2D eigenvalue weighted by molar-refractivity contribution is 7.09. The summed E-state index contributed by atoms with van der Waals surface area (Å²) in [5, 5.41) is 6.08. The molecule has 0 bridgehead atoms. The number of hydrogen-bond donors (Lipinski definition) is 1. The zero-order chi connectivity index (χ0) is 22.0. The Balaban J connectivity index is 1.23. The van der Waals surface area contributed by atoms with Gasteiger partial charge < -0.3 is 15.0 Å². The summed E-state index contributed by atoms with van der Waals surface area (Å²) in [6.45, 7) is 2.57. The smallest absolute Gasteiger partial charge is 0.246 e. The molecule has 3 aliphatic rings. The van der Waals surface area contributed by atoms with Crippen LogP contribution in [0.25, 0.3) is 6.08 Å². The van der Waals surface area contributed by atoms with E-state index in [0.29, 0.717) is 32.0 Å². The average Bonchev–Trinajstić information content (AvgIpc) is 3.32. The minimum absolute atomic E-state index is 0.00136. The first-order chi connectivity index (χ1) is 15.6.